The van der Waals surface area contributed by atoms with E-state index in [0.717, 1.165) is 0 Å². The van der Waals surface area contributed by atoms with E-state index in [9.17, 15) is 13.2 Å². The molecule has 0 aromatic heterocycles. The van der Waals surface area contributed by atoms with Crippen LogP contribution in [0.5, 0.6) is 0 Å². The minimum atomic E-state index is -3.92. The van der Waals surface area contributed by atoms with Crippen LogP contribution in [0.3, 0.4) is 0 Å². The highest BCUT2D eigenvalue weighted by Gasteiger charge is 2.18. The zero-order valence-electron chi connectivity index (χ0n) is 9.64. The number of hydrogen-bond donors (Lipinski definition) is 2. The SMILES string of the molecule is C=CC(=O)NCC[N+](C)(C)CCS(=O)(=O)O. The zero-order valence-corrected chi connectivity index (χ0v) is 10.5. The Labute approximate surface area is 96.3 Å². The molecular formula is C9H19N2O4S+. The van der Waals surface area contributed by atoms with Crippen LogP contribution in [-0.4, -0.2) is 62.8 Å². The van der Waals surface area contributed by atoms with Crippen molar-refractivity contribution in [1.29, 1.82) is 0 Å². The molecule has 0 saturated heterocycles. The van der Waals surface area contributed by atoms with Gasteiger partial charge >= 0.3 is 0 Å². The van der Waals surface area contributed by atoms with Gasteiger partial charge in [0.1, 0.15) is 5.75 Å². The topological polar surface area (TPSA) is 83.5 Å². The molecule has 7 heteroatoms. The molecule has 0 radical (unpaired) electrons. The Balaban J connectivity index is 3.96. The van der Waals surface area contributed by atoms with Crippen LogP contribution < -0.4 is 5.32 Å². The Morgan fingerprint density at radius 1 is 1.44 bits per heavy atom. The summed E-state index contributed by atoms with van der Waals surface area (Å²) in [5.41, 5.74) is 0. The van der Waals surface area contributed by atoms with E-state index in [0.29, 0.717) is 24.1 Å². The van der Waals surface area contributed by atoms with Crippen molar-refractivity contribution in [2.24, 2.45) is 0 Å². The monoisotopic (exact) mass is 251 g/mol. The average Bonchev–Trinajstić information content (AvgIpc) is 2.13. The maximum Gasteiger partial charge on any atom is 0.270 e. The minimum absolute atomic E-state index is 0.255. The number of rotatable bonds is 7. The van der Waals surface area contributed by atoms with Gasteiger partial charge in [0.05, 0.1) is 33.7 Å². The summed E-state index contributed by atoms with van der Waals surface area (Å²) >= 11 is 0. The summed E-state index contributed by atoms with van der Waals surface area (Å²) in [5, 5.41) is 2.60. The fourth-order valence-electron chi connectivity index (χ4n) is 1.03. The number of quaternary nitrogens is 1. The largest absolute Gasteiger partial charge is 0.347 e. The normalized spacial score (nSPS) is 12.2. The second-order valence-corrected chi connectivity index (χ2v) is 5.74. The van der Waals surface area contributed by atoms with Crippen molar-refractivity contribution >= 4 is 16.0 Å². The highest BCUT2D eigenvalue weighted by molar-refractivity contribution is 7.85. The summed E-state index contributed by atoms with van der Waals surface area (Å²) < 4.78 is 30.1. The Morgan fingerprint density at radius 3 is 2.44 bits per heavy atom. The zero-order chi connectivity index (χ0) is 12.8. The lowest BCUT2D eigenvalue weighted by atomic mass is 10.4. The standard InChI is InChI=1S/C9H18N2O4S/c1-4-9(12)10-5-6-11(2,3)7-8-16(13,14)15/h4H,1,5-8H2,2-3H3,(H-,10,12,13,14,15)/p+1. The van der Waals surface area contributed by atoms with Crippen molar-refractivity contribution in [2.45, 2.75) is 0 Å². The van der Waals surface area contributed by atoms with Crippen LogP contribution in [0, 0.1) is 0 Å². The molecule has 0 unspecified atom stereocenters. The van der Waals surface area contributed by atoms with E-state index >= 15 is 0 Å². The third-order valence-electron chi connectivity index (χ3n) is 2.16. The molecule has 0 spiro atoms. The van der Waals surface area contributed by atoms with Crippen LogP contribution >= 0.6 is 0 Å². The summed E-state index contributed by atoms with van der Waals surface area (Å²) in [6.45, 7) is 4.62. The number of likely N-dealkylation sites (N-methyl/N-ethyl adjacent to an activating group) is 1. The highest BCUT2D eigenvalue weighted by atomic mass is 32.2. The Bertz CT molecular complexity index is 349. The molecule has 0 atom stereocenters. The molecule has 0 bridgehead atoms. The molecule has 6 nitrogen and oxygen atoms in total. The van der Waals surface area contributed by atoms with E-state index in [1.165, 1.54) is 6.08 Å². The van der Waals surface area contributed by atoms with Crippen LogP contribution in [0.4, 0.5) is 0 Å². The van der Waals surface area contributed by atoms with E-state index < -0.39 is 10.1 Å². The van der Waals surface area contributed by atoms with Gasteiger partial charge < -0.3 is 9.80 Å². The second kappa shape index (κ2) is 5.97. The molecule has 94 valence electrons. The van der Waals surface area contributed by atoms with Crippen LogP contribution in [0.25, 0.3) is 0 Å². The molecular weight excluding hydrogens is 232 g/mol. The van der Waals surface area contributed by atoms with Crippen molar-refractivity contribution in [1.82, 2.24) is 5.32 Å². The first-order valence-electron chi connectivity index (χ1n) is 4.84. The smallest absolute Gasteiger partial charge is 0.270 e. The van der Waals surface area contributed by atoms with Gasteiger partial charge in [0.15, 0.2) is 0 Å². The number of hydrogen-bond acceptors (Lipinski definition) is 3. The van der Waals surface area contributed by atoms with Gasteiger partial charge in [-0.15, -0.1) is 0 Å². The molecule has 0 aliphatic carbocycles. The highest BCUT2D eigenvalue weighted by Crippen LogP contribution is 1.97. The van der Waals surface area contributed by atoms with Crippen molar-refractivity contribution in [3.63, 3.8) is 0 Å². The maximum absolute atomic E-state index is 10.8. The molecule has 0 aromatic carbocycles. The van der Waals surface area contributed by atoms with Gasteiger partial charge in [-0.3, -0.25) is 9.35 Å². The van der Waals surface area contributed by atoms with E-state index in [2.05, 4.69) is 11.9 Å². The number of carbonyl (C=O) groups is 1. The van der Waals surface area contributed by atoms with Gasteiger partial charge in [0.2, 0.25) is 5.91 Å². The molecule has 0 saturated carbocycles. The summed E-state index contributed by atoms with van der Waals surface area (Å²) in [6.07, 6.45) is 1.18. The van der Waals surface area contributed by atoms with Gasteiger partial charge in [-0.25, -0.2) is 0 Å². The van der Waals surface area contributed by atoms with E-state index in [1.54, 1.807) is 0 Å². The molecule has 0 heterocycles. The summed E-state index contributed by atoms with van der Waals surface area (Å²) in [5.74, 6) is -0.537. The third kappa shape index (κ3) is 8.39. The van der Waals surface area contributed by atoms with Crippen molar-refractivity contribution in [3.05, 3.63) is 12.7 Å². The van der Waals surface area contributed by atoms with E-state index in [4.69, 9.17) is 4.55 Å². The van der Waals surface area contributed by atoms with Crippen LogP contribution in [0.1, 0.15) is 0 Å². The molecule has 0 aliphatic heterocycles. The van der Waals surface area contributed by atoms with Gasteiger partial charge in [-0.1, -0.05) is 6.58 Å². The molecule has 0 fully saturated rings. The van der Waals surface area contributed by atoms with Crippen LogP contribution in [0.15, 0.2) is 12.7 Å². The molecule has 16 heavy (non-hydrogen) atoms. The van der Waals surface area contributed by atoms with Crippen molar-refractivity contribution < 1.29 is 22.2 Å². The molecule has 2 N–H and O–H groups in total. The number of carbonyl (C=O) groups excluding carboxylic acids is 1. The lowest BCUT2D eigenvalue weighted by Gasteiger charge is -2.29. The third-order valence-corrected chi connectivity index (χ3v) is 2.85. The molecule has 0 rings (SSSR count). The Hall–Kier alpha value is -0.920. The van der Waals surface area contributed by atoms with Gasteiger partial charge in [-0.05, 0) is 6.08 Å². The summed E-state index contributed by atoms with van der Waals surface area (Å²) in [4.78, 5) is 10.8. The fraction of sp³-hybridized carbons (Fsp3) is 0.667. The van der Waals surface area contributed by atoms with E-state index in [1.807, 2.05) is 14.1 Å². The Kier molecular flexibility index (Phi) is 5.63. The number of amides is 1. The maximum atomic E-state index is 10.8. The lowest BCUT2D eigenvalue weighted by molar-refractivity contribution is -0.886. The lowest BCUT2D eigenvalue weighted by Crippen LogP contribution is -2.47. The first kappa shape index (κ1) is 15.1. The predicted octanol–water partition coefficient (Wildman–Crippen LogP) is -0.747. The molecule has 0 aromatic rings. The molecule has 1 amide bonds. The van der Waals surface area contributed by atoms with Gasteiger partial charge in [0.25, 0.3) is 10.1 Å². The van der Waals surface area contributed by atoms with Crippen LogP contribution in [-0.2, 0) is 14.9 Å². The number of nitrogens with zero attached hydrogens (tertiary/aromatic N) is 1. The predicted molar refractivity (Wildman–Crippen MR) is 61.5 cm³/mol. The first-order valence-corrected chi connectivity index (χ1v) is 6.45. The number of nitrogens with one attached hydrogen (secondary N) is 1. The minimum Gasteiger partial charge on any atom is -0.347 e. The Morgan fingerprint density at radius 2 is 2.00 bits per heavy atom. The summed E-state index contributed by atoms with van der Waals surface area (Å²) in [6, 6.07) is 0. The van der Waals surface area contributed by atoms with Crippen LogP contribution in [0.2, 0.25) is 0 Å². The fourth-order valence-corrected chi connectivity index (χ4v) is 1.75. The van der Waals surface area contributed by atoms with E-state index in [-0.39, 0.29) is 11.7 Å². The molecule has 0 aliphatic rings. The van der Waals surface area contributed by atoms with Crippen molar-refractivity contribution in [2.75, 3.05) is 39.5 Å². The van der Waals surface area contributed by atoms with Gasteiger partial charge in [0, 0.05) is 0 Å². The van der Waals surface area contributed by atoms with Gasteiger partial charge in [-0.2, -0.15) is 8.42 Å². The quantitative estimate of drug-likeness (QED) is 0.354. The first-order chi connectivity index (χ1) is 7.16. The second-order valence-electron chi connectivity index (χ2n) is 4.16. The average molecular weight is 251 g/mol. The summed E-state index contributed by atoms with van der Waals surface area (Å²) in [7, 11) is -0.273. The van der Waals surface area contributed by atoms with Crippen molar-refractivity contribution in [3.8, 4) is 0 Å².